The van der Waals surface area contributed by atoms with Crippen molar-refractivity contribution in [1.82, 2.24) is 0 Å². The van der Waals surface area contributed by atoms with Gasteiger partial charge in [-0.05, 0) is 0 Å². The first-order valence-corrected chi connectivity index (χ1v) is 2.10. The molecule has 0 aliphatic carbocycles. The minimum absolute atomic E-state index is 0. The first-order valence-electron chi connectivity index (χ1n) is 2.10. The largest absolute Gasteiger partial charge is 4.00 e. The molecule has 64 valence electrons. The van der Waals surface area contributed by atoms with Gasteiger partial charge in [0.15, 0.2) is 0 Å². The van der Waals surface area contributed by atoms with Crippen LogP contribution in [0.25, 0.3) is 0 Å². The standard InChI is InChI=1S/2C3H5.2CHO.Ru/c2*1-3-2;2*1-2;/h2*3H,1-2H2;2*1H;/q4*-1;+4. The van der Waals surface area contributed by atoms with Crippen LogP contribution in [-0.4, -0.2) is 13.6 Å². The Kier molecular flexibility index (Phi) is 1280. The van der Waals surface area contributed by atoms with Crippen LogP contribution in [0.5, 0.6) is 0 Å². The minimum Gasteiger partial charge on any atom is -0.545 e. The molecule has 0 fully saturated rings. The second-order valence-corrected chi connectivity index (χ2v) is 0.577. The first kappa shape index (κ1) is 32.0. The van der Waals surface area contributed by atoms with Crippen LogP contribution in [0.1, 0.15) is 0 Å². The molecule has 11 heavy (non-hydrogen) atoms. The number of carbonyl (C=O) groups excluding carboxylic acids is 2. The summed E-state index contributed by atoms with van der Waals surface area (Å²) in [7, 11) is 0. The fourth-order valence-electron chi connectivity index (χ4n) is 0. The molecule has 0 bridgehead atoms. The van der Waals surface area contributed by atoms with E-state index in [0.717, 1.165) is 0 Å². The number of hydrogen-bond donors (Lipinski definition) is 0. The topological polar surface area (TPSA) is 34.1 Å². The van der Waals surface area contributed by atoms with E-state index >= 15 is 0 Å². The molecule has 0 heterocycles. The Bertz CT molecular complexity index is 48.1. The maximum absolute atomic E-state index is 7.75. The predicted molar refractivity (Wildman–Crippen MR) is 44.6 cm³/mol. The summed E-state index contributed by atoms with van der Waals surface area (Å²) in [6, 6.07) is 0. The minimum atomic E-state index is 0. The van der Waals surface area contributed by atoms with Crippen molar-refractivity contribution < 1.29 is 29.1 Å². The van der Waals surface area contributed by atoms with E-state index in [2.05, 4.69) is 40.6 Å². The first-order chi connectivity index (χ1) is 4.83. The van der Waals surface area contributed by atoms with Crippen LogP contribution in [0.4, 0.5) is 0 Å². The third kappa shape index (κ3) is 711. The summed E-state index contributed by atoms with van der Waals surface area (Å²) < 4.78 is 0. The predicted octanol–water partition coefficient (Wildman–Crippen LogP) is 1.46. The van der Waals surface area contributed by atoms with Crippen molar-refractivity contribution in [3.05, 3.63) is 39.2 Å². The van der Waals surface area contributed by atoms with Crippen LogP contribution in [0.2, 0.25) is 0 Å². The molecular formula is C8H12O2Ru. The van der Waals surface area contributed by atoms with Crippen LogP contribution < -0.4 is 0 Å². The molecule has 0 aromatic carbocycles. The van der Waals surface area contributed by atoms with Crippen molar-refractivity contribution in [3.8, 4) is 0 Å². The van der Waals surface area contributed by atoms with Gasteiger partial charge in [-0.25, -0.2) is 39.2 Å². The average Bonchev–Trinajstić information content (AvgIpc) is 1.99. The normalized spacial score (nSPS) is 2.91. The fourth-order valence-corrected chi connectivity index (χ4v) is 0. The van der Waals surface area contributed by atoms with E-state index in [9.17, 15) is 0 Å². The number of rotatable bonds is 0. The molecule has 0 rings (SSSR count). The third-order valence-electron chi connectivity index (χ3n) is 0. The van der Waals surface area contributed by atoms with E-state index in [0.29, 0.717) is 0 Å². The summed E-state index contributed by atoms with van der Waals surface area (Å²) in [5.74, 6) is 0. The van der Waals surface area contributed by atoms with E-state index in [1.165, 1.54) is 12.2 Å². The average molecular weight is 241 g/mol. The number of allylic oxidation sites excluding steroid dienone is 2. The molecule has 0 saturated heterocycles. The SMILES string of the molecule is C=C[CH2-].C=C[CH2-].[CH-]=O.[CH-]=O.[Ru+4]. The summed E-state index contributed by atoms with van der Waals surface area (Å²) in [5.41, 5.74) is 0. The number of hydrogen-bond acceptors (Lipinski definition) is 2. The summed E-state index contributed by atoms with van der Waals surface area (Å²) >= 11 is 0. The monoisotopic (exact) mass is 242 g/mol. The molecule has 0 N–H and O–H groups in total. The molecule has 0 aliphatic heterocycles. The quantitative estimate of drug-likeness (QED) is 0.365. The maximum Gasteiger partial charge on any atom is 4.00 e. The third-order valence-corrected chi connectivity index (χ3v) is 0. The van der Waals surface area contributed by atoms with Crippen LogP contribution in [0, 0.1) is 13.8 Å². The van der Waals surface area contributed by atoms with Crippen LogP contribution >= 0.6 is 0 Å². The molecule has 0 unspecified atom stereocenters. The molecule has 0 saturated carbocycles. The summed E-state index contributed by atoms with van der Waals surface area (Å²) in [4.78, 5) is 15.5. The van der Waals surface area contributed by atoms with E-state index in [1.54, 1.807) is 0 Å². The Labute approximate surface area is 82.1 Å². The van der Waals surface area contributed by atoms with E-state index in [1.807, 2.05) is 0 Å². The van der Waals surface area contributed by atoms with Gasteiger partial charge in [-0.15, -0.1) is 0 Å². The van der Waals surface area contributed by atoms with Gasteiger partial charge in [0, 0.05) is 0 Å². The van der Waals surface area contributed by atoms with Crippen LogP contribution in [-0.2, 0) is 29.1 Å². The van der Waals surface area contributed by atoms with Gasteiger partial charge in [0.05, 0.1) is 0 Å². The molecule has 0 radical (unpaired) electrons. The van der Waals surface area contributed by atoms with E-state index in [4.69, 9.17) is 9.59 Å². The van der Waals surface area contributed by atoms with Gasteiger partial charge in [0.25, 0.3) is 0 Å². The molecule has 0 aliphatic rings. The Morgan fingerprint density at radius 2 is 0.909 bits per heavy atom. The van der Waals surface area contributed by atoms with Crippen LogP contribution in [0.15, 0.2) is 25.3 Å². The van der Waals surface area contributed by atoms with Gasteiger partial charge in [-0.2, -0.15) is 0 Å². The zero-order valence-corrected chi connectivity index (χ0v) is 8.05. The molecule has 0 aromatic rings. The van der Waals surface area contributed by atoms with E-state index in [-0.39, 0.29) is 19.5 Å². The second-order valence-electron chi connectivity index (χ2n) is 0.577. The Morgan fingerprint density at radius 3 is 0.909 bits per heavy atom. The van der Waals surface area contributed by atoms with Gasteiger partial charge in [-0.1, -0.05) is 0 Å². The van der Waals surface area contributed by atoms with Gasteiger partial charge in [0.1, 0.15) is 0 Å². The van der Waals surface area contributed by atoms with Gasteiger partial charge in [0.2, 0.25) is 0 Å². The van der Waals surface area contributed by atoms with Gasteiger partial charge in [-0.3, -0.25) is 13.6 Å². The molecule has 0 spiro atoms. The Balaban J connectivity index is -0.0000000144. The second kappa shape index (κ2) is 439. The molecule has 2 nitrogen and oxygen atoms in total. The van der Waals surface area contributed by atoms with Crippen molar-refractivity contribution in [2.45, 2.75) is 0 Å². The summed E-state index contributed by atoms with van der Waals surface area (Å²) in [6.45, 7) is 19.5. The van der Waals surface area contributed by atoms with Crippen molar-refractivity contribution in [2.24, 2.45) is 0 Å². The molecule has 3 heteroatoms. The molecule has 0 atom stereocenters. The van der Waals surface area contributed by atoms with Gasteiger partial charge < -0.3 is 9.59 Å². The van der Waals surface area contributed by atoms with Crippen molar-refractivity contribution in [1.29, 1.82) is 0 Å². The molecular weight excluding hydrogens is 229 g/mol. The molecule has 0 aromatic heterocycles. The maximum atomic E-state index is 7.75. The smallest absolute Gasteiger partial charge is 0.545 e. The Morgan fingerprint density at radius 1 is 0.909 bits per heavy atom. The van der Waals surface area contributed by atoms with Crippen molar-refractivity contribution in [3.63, 3.8) is 0 Å². The van der Waals surface area contributed by atoms with Crippen molar-refractivity contribution >= 4 is 13.6 Å². The summed E-state index contributed by atoms with van der Waals surface area (Å²) in [6.07, 6.45) is 3.00. The zero-order valence-electron chi connectivity index (χ0n) is 6.31. The Hall–Kier alpha value is -0.817. The summed E-state index contributed by atoms with van der Waals surface area (Å²) in [5, 5.41) is 0. The van der Waals surface area contributed by atoms with E-state index < -0.39 is 0 Å². The fraction of sp³-hybridized carbons (Fsp3) is 0. The zero-order chi connectivity index (χ0) is 9.41. The van der Waals surface area contributed by atoms with Crippen molar-refractivity contribution in [2.75, 3.05) is 0 Å². The van der Waals surface area contributed by atoms with Gasteiger partial charge >= 0.3 is 19.5 Å². The van der Waals surface area contributed by atoms with Crippen LogP contribution in [0.3, 0.4) is 0 Å². The molecule has 0 amide bonds.